The average molecular weight is 430 g/mol. The SMILES string of the molecule is COC(=O)[C@H]1[C@@H]2CC(c3ccccc3)(c3ccccc3)CN2S(=O)(=O)N1C(=O)OC. The molecule has 1 amide bonds. The number of carbonyl (C=O) groups is 2. The van der Waals surface area contributed by atoms with Crippen molar-refractivity contribution in [3.63, 3.8) is 0 Å². The lowest BCUT2D eigenvalue weighted by molar-refractivity contribution is -0.145. The van der Waals surface area contributed by atoms with Crippen molar-refractivity contribution >= 4 is 22.3 Å². The second-order valence-corrected chi connectivity index (χ2v) is 9.13. The van der Waals surface area contributed by atoms with Crippen LogP contribution in [0.3, 0.4) is 0 Å². The van der Waals surface area contributed by atoms with Gasteiger partial charge in [-0.2, -0.15) is 17.0 Å². The van der Waals surface area contributed by atoms with Crippen molar-refractivity contribution in [2.24, 2.45) is 0 Å². The topological polar surface area (TPSA) is 93.2 Å². The Bertz CT molecular complexity index is 1020. The predicted octanol–water partition coefficient (Wildman–Crippen LogP) is 1.92. The molecule has 2 aromatic carbocycles. The first kappa shape index (κ1) is 20.4. The van der Waals surface area contributed by atoms with Gasteiger partial charge in [0.15, 0.2) is 6.04 Å². The number of benzene rings is 2. The van der Waals surface area contributed by atoms with E-state index in [1.165, 1.54) is 11.4 Å². The van der Waals surface area contributed by atoms with Gasteiger partial charge in [-0.1, -0.05) is 60.7 Å². The van der Waals surface area contributed by atoms with Crippen LogP contribution in [0, 0.1) is 0 Å². The predicted molar refractivity (Wildman–Crippen MR) is 108 cm³/mol. The van der Waals surface area contributed by atoms with Gasteiger partial charge in [0, 0.05) is 12.0 Å². The molecule has 2 saturated heterocycles. The maximum absolute atomic E-state index is 13.3. The van der Waals surface area contributed by atoms with Crippen LogP contribution in [0.15, 0.2) is 60.7 Å². The fourth-order valence-corrected chi connectivity index (χ4v) is 6.53. The Morgan fingerprint density at radius 1 is 0.933 bits per heavy atom. The van der Waals surface area contributed by atoms with E-state index in [0.717, 1.165) is 18.2 Å². The smallest absolute Gasteiger partial charge is 0.425 e. The standard InChI is InChI=1S/C21H22N2O6S/c1-28-19(24)18-17-13-21(15-9-5-3-6-10-15,16-11-7-4-8-12-16)14-22(17)30(26,27)23(18)20(25)29-2/h3-12,17-18H,13-14H2,1-2H3/t17-,18+/m0/s1. The first-order valence-electron chi connectivity index (χ1n) is 9.45. The molecule has 0 unspecified atom stereocenters. The molecule has 30 heavy (non-hydrogen) atoms. The van der Waals surface area contributed by atoms with Gasteiger partial charge >= 0.3 is 22.3 Å². The van der Waals surface area contributed by atoms with Gasteiger partial charge in [0.05, 0.1) is 20.3 Å². The van der Waals surface area contributed by atoms with E-state index in [-0.39, 0.29) is 6.54 Å². The van der Waals surface area contributed by atoms with Crippen molar-refractivity contribution in [2.45, 2.75) is 23.9 Å². The highest BCUT2D eigenvalue weighted by Gasteiger charge is 2.64. The number of rotatable bonds is 3. The molecule has 0 aromatic heterocycles. The zero-order valence-corrected chi connectivity index (χ0v) is 17.4. The second kappa shape index (κ2) is 7.41. The van der Waals surface area contributed by atoms with E-state index >= 15 is 0 Å². The maximum Gasteiger partial charge on any atom is 0.425 e. The van der Waals surface area contributed by atoms with Crippen molar-refractivity contribution in [3.8, 4) is 0 Å². The third-order valence-corrected chi connectivity index (χ3v) is 7.83. The maximum atomic E-state index is 13.3. The molecule has 8 nitrogen and oxygen atoms in total. The molecule has 2 aromatic rings. The number of methoxy groups -OCH3 is 2. The lowest BCUT2D eigenvalue weighted by Gasteiger charge is -2.32. The molecule has 0 N–H and O–H groups in total. The molecule has 0 saturated carbocycles. The Labute approximate surface area is 175 Å². The number of esters is 1. The first-order chi connectivity index (χ1) is 14.4. The molecule has 0 spiro atoms. The third kappa shape index (κ3) is 2.88. The van der Waals surface area contributed by atoms with Crippen LogP contribution in [0.4, 0.5) is 4.79 Å². The number of hydrogen-bond donors (Lipinski definition) is 0. The highest BCUT2D eigenvalue weighted by molar-refractivity contribution is 7.87. The minimum absolute atomic E-state index is 0.0923. The lowest BCUT2D eigenvalue weighted by Crippen LogP contribution is -2.48. The van der Waals surface area contributed by atoms with Gasteiger partial charge in [0.2, 0.25) is 0 Å². The summed E-state index contributed by atoms with van der Waals surface area (Å²) in [5, 5.41) is 0. The molecule has 2 heterocycles. The Balaban J connectivity index is 1.88. The second-order valence-electron chi connectivity index (χ2n) is 7.37. The van der Waals surface area contributed by atoms with Crippen LogP contribution in [0.5, 0.6) is 0 Å². The van der Waals surface area contributed by atoms with Crippen LogP contribution >= 0.6 is 0 Å². The quantitative estimate of drug-likeness (QED) is 0.691. The molecule has 9 heteroatoms. The van der Waals surface area contributed by atoms with Gasteiger partial charge in [-0.15, -0.1) is 0 Å². The van der Waals surface area contributed by atoms with E-state index in [1.54, 1.807) is 0 Å². The monoisotopic (exact) mass is 430 g/mol. The van der Waals surface area contributed by atoms with E-state index in [1.807, 2.05) is 60.7 Å². The fraction of sp³-hybridized carbons (Fsp3) is 0.333. The summed E-state index contributed by atoms with van der Waals surface area (Å²) in [4.78, 5) is 24.9. The molecule has 0 radical (unpaired) electrons. The Morgan fingerprint density at radius 2 is 1.47 bits per heavy atom. The Kier molecular flexibility index (Phi) is 5.03. The molecule has 2 fully saturated rings. The number of amides is 1. The van der Waals surface area contributed by atoms with Crippen molar-refractivity contribution in [3.05, 3.63) is 71.8 Å². The zero-order valence-electron chi connectivity index (χ0n) is 16.6. The van der Waals surface area contributed by atoms with Crippen LogP contribution < -0.4 is 0 Å². The highest BCUT2D eigenvalue weighted by Crippen LogP contribution is 2.49. The van der Waals surface area contributed by atoms with Crippen molar-refractivity contribution in [2.75, 3.05) is 20.8 Å². The minimum Gasteiger partial charge on any atom is -0.467 e. The fourth-order valence-electron chi connectivity index (χ4n) is 4.61. The highest BCUT2D eigenvalue weighted by atomic mass is 32.2. The summed E-state index contributed by atoms with van der Waals surface area (Å²) in [6.45, 7) is 0.0923. The summed E-state index contributed by atoms with van der Waals surface area (Å²) < 4.78 is 37.8. The third-order valence-electron chi connectivity index (χ3n) is 5.97. The van der Waals surface area contributed by atoms with Gasteiger partial charge < -0.3 is 9.47 Å². The molecule has 4 rings (SSSR count). The zero-order chi connectivity index (χ0) is 21.5. The normalized spacial score (nSPS) is 24.3. The molecule has 158 valence electrons. The van der Waals surface area contributed by atoms with Crippen molar-refractivity contribution in [1.29, 1.82) is 0 Å². The molecular formula is C21H22N2O6S. The van der Waals surface area contributed by atoms with E-state index in [2.05, 4.69) is 4.74 Å². The molecular weight excluding hydrogens is 408 g/mol. The van der Waals surface area contributed by atoms with Gasteiger partial charge in [0.1, 0.15) is 0 Å². The average Bonchev–Trinajstić information content (AvgIpc) is 3.28. The Hall–Kier alpha value is -2.91. The van der Waals surface area contributed by atoms with E-state index < -0.39 is 39.8 Å². The summed E-state index contributed by atoms with van der Waals surface area (Å²) in [6.07, 6.45) is -0.794. The van der Waals surface area contributed by atoms with Gasteiger partial charge in [-0.05, 0) is 17.5 Å². The van der Waals surface area contributed by atoms with Gasteiger partial charge in [-0.25, -0.2) is 9.59 Å². The lowest BCUT2D eigenvalue weighted by atomic mass is 9.72. The van der Waals surface area contributed by atoms with Crippen molar-refractivity contribution in [1.82, 2.24) is 8.61 Å². The van der Waals surface area contributed by atoms with E-state index in [0.29, 0.717) is 10.7 Å². The van der Waals surface area contributed by atoms with Crippen LogP contribution in [0.25, 0.3) is 0 Å². The van der Waals surface area contributed by atoms with Crippen LogP contribution in [0.2, 0.25) is 0 Å². The number of carbonyl (C=O) groups excluding carboxylic acids is 2. The molecule has 2 aliphatic rings. The Morgan fingerprint density at radius 3 is 1.93 bits per heavy atom. The van der Waals surface area contributed by atoms with E-state index in [9.17, 15) is 18.0 Å². The molecule has 2 aliphatic heterocycles. The summed E-state index contributed by atoms with van der Waals surface area (Å²) in [5.74, 6) is -0.798. The van der Waals surface area contributed by atoms with Crippen molar-refractivity contribution < 1.29 is 27.5 Å². The number of fused-ring (bicyclic) bond motifs is 1. The molecule has 0 aliphatic carbocycles. The summed E-state index contributed by atoms with van der Waals surface area (Å²) in [7, 11) is -2.03. The summed E-state index contributed by atoms with van der Waals surface area (Å²) in [6, 6.07) is 17.1. The van der Waals surface area contributed by atoms with Crippen LogP contribution in [-0.4, -0.2) is 61.9 Å². The largest absolute Gasteiger partial charge is 0.467 e. The molecule has 0 bridgehead atoms. The first-order valence-corrected chi connectivity index (χ1v) is 10.8. The van der Waals surface area contributed by atoms with Crippen LogP contribution in [-0.2, 0) is 29.9 Å². The number of hydrogen-bond acceptors (Lipinski definition) is 6. The van der Waals surface area contributed by atoms with Gasteiger partial charge in [-0.3, -0.25) is 0 Å². The minimum atomic E-state index is -4.28. The number of nitrogens with zero attached hydrogens (tertiary/aromatic N) is 2. The van der Waals surface area contributed by atoms with Gasteiger partial charge in [0.25, 0.3) is 0 Å². The summed E-state index contributed by atoms with van der Waals surface area (Å²) >= 11 is 0. The molecule has 2 atom stereocenters. The van der Waals surface area contributed by atoms with E-state index in [4.69, 9.17) is 4.74 Å². The number of ether oxygens (including phenoxy) is 2. The summed E-state index contributed by atoms with van der Waals surface area (Å²) in [5.41, 5.74) is 1.21. The van der Waals surface area contributed by atoms with Crippen LogP contribution in [0.1, 0.15) is 17.5 Å².